The summed E-state index contributed by atoms with van der Waals surface area (Å²) in [5.41, 5.74) is -1.81. The van der Waals surface area contributed by atoms with Gasteiger partial charge in [-0.2, -0.15) is 13.2 Å². The van der Waals surface area contributed by atoms with Crippen molar-refractivity contribution in [1.29, 1.82) is 0 Å². The van der Waals surface area contributed by atoms with Crippen molar-refractivity contribution in [3.05, 3.63) is 59.1 Å². The first-order valence-electron chi connectivity index (χ1n) is 7.77. The Balaban J connectivity index is 1.73. The van der Waals surface area contributed by atoms with Gasteiger partial charge in [-0.05, 0) is 43.2 Å². The Hall–Kier alpha value is -2.54. The lowest BCUT2D eigenvalue weighted by Crippen LogP contribution is -2.35. The first kappa shape index (κ1) is 18.3. The second kappa shape index (κ2) is 6.64. The Morgan fingerprint density at radius 2 is 1.62 bits per heavy atom. The van der Waals surface area contributed by atoms with Crippen LogP contribution in [0.1, 0.15) is 18.4 Å². The standard InChI is InChI=1S/C18H14ClF3N2O2/c19-13-6-1-2-7-14(13)24-16(26)17(8-9-17)15(25)23-12-5-3-4-11(10-12)18(20,21)22/h1-7,10H,8-9H2,(H,23,25)(H,24,26). The summed E-state index contributed by atoms with van der Waals surface area (Å²) < 4.78 is 38.3. The normalized spacial score (nSPS) is 15.2. The molecule has 2 N–H and O–H groups in total. The van der Waals surface area contributed by atoms with Crippen LogP contribution in [0, 0.1) is 5.41 Å². The van der Waals surface area contributed by atoms with Crippen molar-refractivity contribution in [3.8, 4) is 0 Å². The van der Waals surface area contributed by atoms with Crippen LogP contribution in [0.4, 0.5) is 24.5 Å². The summed E-state index contributed by atoms with van der Waals surface area (Å²) in [5, 5.41) is 5.34. The maximum atomic E-state index is 12.8. The smallest absolute Gasteiger partial charge is 0.325 e. The minimum absolute atomic E-state index is 0.0124. The number of hydrogen-bond donors (Lipinski definition) is 2. The first-order valence-corrected chi connectivity index (χ1v) is 8.15. The fourth-order valence-corrected chi connectivity index (χ4v) is 2.69. The summed E-state index contributed by atoms with van der Waals surface area (Å²) in [4.78, 5) is 25.0. The van der Waals surface area contributed by atoms with Crippen LogP contribution in [-0.2, 0) is 15.8 Å². The van der Waals surface area contributed by atoms with E-state index in [1.165, 1.54) is 12.1 Å². The number of anilines is 2. The van der Waals surface area contributed by atoms with Crippen LogP contribution in [0.5, 0.6) is 0 Å². The van der Waals surface area contributed by atoms with Crippen LogP contribution < -0.4 is 10.6 Å². The number of nitrogens with one attached hydrogen (secondary N) is 2. The van der Waals surface area contributed by atoms with Gasteiger partial charge in [0.2, 0.25) is 11.8 Å². The number of rotatable bonds is 4. The third kappa shape index (κ3) is 3.67. The molecule has 1 aliphatic rings. The number of halogens is 4. The van der Waals surface area contributed by atoms with Crippen LogP contribution in [-0.4, -0.2) is 11.8 Å². The van der Waals surface area contributed by atoms with E-state index in [0.29, 0.717) is 23.6 Å². The van der Waals surface area contributed by atoms with Gasteiger partial charge in [0.15, 0.2) is 0 Å². The van der Waals surface area contributed by atoms with Gasteiger partial charge in [-0.15, -0.1) is 0 Å². The first-order chi connectivity index (χ1) is 12.2. The van der Waals surface area contributed by atoms with Crippen LogP contribution >= 0.6 is 11.6 Å². The van der Waals surface area contributed by atoms with Crippen LogP contribution in [0.25, 0.3) is 0 Å². The van der Waals surface area contributed by atoms with Gasteiger partial charge in [-0.1, -0.05) is 29.8 Å². The number of alkyl halides is 3. The molecule has 2 aromatic carbocycles. The van der Waals surface area contributed by atoms with Crippen molar-refractivity contribution < 1.29 is 22.8 Å². The molecule has 0 atom stereocenters. The Morgan fingerprint density at radius 1 is 0.962 bits per heavy atom. The lowest BCUT2D eigenvalue weighted by Gasteiger charge is -2.16. The number of amides is 2. The summed E-state index contributed by atoms with van der Waals surface area (Å²) in [6.07, 6.45) is -3.89. The number of para-hydroxylation sites is 1. The highest BCUT2D eigenvalue weighted by molar-refractivity contribution is 6.34. The van der Waals surface area contributed by atoms with Gasteiger partial charge in [-0.25, -0.2) is 0 Å². The van der Waals surface area contributed by atoms with E-state index in [1.807, 2.05) is 0 Å². The molecule has 0 aliphatic heterocycles. The van der Waals surface area contributed by atoms with Crippen LogP contribution in [0.3, 0.4) is 0 Å². The molecule has 3 rings (SSSR count). The van der Waals surface area contributed by atoms with E-state index in [4.69, 9.17) is 11.6 Å². The van der Waals surface area contributed by atoms with E-state index in [2.05, 4.69) is 10.6 Å². The van der Waals surface area contributed by atoms with Crippen LogP contribution in [0.2, 0.25) is 5.02 Å². The Morgan fingerprint density at radius 3 is 2.23 bits per heavy atom. The Labute approximate surface area is 152 Å². The topological polar surface area (TPSA) is 58.2 Å². The Bertz CT molecular complexity index is 864. The molecular weight excluding hydrogens is 369 g/mol. The highest BCUT2D eigenvalue weighted by Crippen LogP contribution is 2.48. The molecule has 0 unspecified atom stereocenters. The zero-order chi connectivity index (χ0) is 18.9. The molecule has 8 heteroatoms. The van der Waals surface area contributed by atoms with Gasteiger partial charge in [0, 0.05) is 5.69 Å². The minimum Gasteiger partial charge on any atom is -0.325 e. The fourth-order valence-electron chi connectivity index (χ4n) is 2.51. The number of benzene rings is 2. The van der Waals surface area contributed by atoms with Gasteiger partial charge < -0.3 is 10.6 Å². The van der Waals surface area contributed by atoms with Gasteiger partial charge in [0.25, 0.3) is 0 Å². The molecule has 4 nitrogen and oxygen atoms in total. The number of hydrogen-bond acceptors (Lipinski definition) is 2. The molecule has 0 saturated heterocycles. The van der Waals surface area contributed by atoms with Crippen molar-refractivity contribution in [2.75, 3.05) is 10.6 Å². The van der Waals surface area contributed by atoms with Crippen molar-refractivity contribution >= 4 is 34.8 Å². The van der Waals surface area contributed by atoms with E-state index in [0.717, 1.165) is 12.1 Å². The van der Waals surface area contributed by atoms with E-state index >= 15 is 0 Å². The van der Waals surface area contributed by atoms with Crippen molar-refractivity contribution in [1.82, 2.24) is 0 Å². The number of carbonyl (C=O) groups is 2. The quantitative estimate of drug-likeness (QED) is 0.752. The number of carbonyl (C=O) groups excluding carboxylic acids is 2. The second-order valence-corrected chi connectivity index (χ2v) is 6.46. The van der Waals surface area contributed by atoms with Gasteiger partial charge in [0.05, 0.1) is 16.3 Å². The maximum Gasteiger partial charge on any atom is 0.416 e. The molecule has 1 fully saturated rings. The molecular formula is C18H14ClF3N2O2. The molecule has 0 spiro atoms. The lowest BCUT2D eigenvalue weighted by atomic mass is 10.0. The third-order valence-electron chi connectivity index (χ3n) is 4.19. The average Bonchev–Trinajstić information content (AvgIpc) is 3.38. The van der Waals surface area contributed by atoms with Gasteiger partial charge >= 0.3 is 6.18 Å². The van der Waals surface area contributed by atoms with Gasteiger partial charge in [-0.3, -0.25) is 9.59 Å². The molecule has 0 radical (unpaired) electrons. The SMILES string of the molecule is O=C(Nc1cccc(C(F)(F)F)c1)C1(C(=O)Nc2ccccc2Cl)CC1. The van der Waals surface area contributed by atoms with Crippen molar-refractivity contribution in [2.24, 2.45) is 5.41 Å². The zero-order valence-electron chi connectivity index (χ0n) is 13.4. The molecule has 0 heterocycles. The largest absolute Gasteiger partial charge is 0.416 e. The van der Waals surface area contributed by atoms with Crippen LogP contribution in [0.15, 0.2) is 48.5 Å². The molecule has 1 aliphatic carbocycles. The molecule has 2 amide bonds. The minimum atomic E-state index is -4.51. The molecule has 136 valence electrons. The summed E-state index contributed by atoms with van der Waals surface area (Å²) in [7, 11) is 0. The monoisotopic (exact) mass is 382 g/mol. The predicted molar refractivity (Wildman–Crippen MR) is 91.8 cm³/mol. The summed E-state index contributed by atoms with van der Waals surface area (Å²) >= 11 is 5.99. The lowest BCUT2D eigenvalue weighted by molar-refractivity contribution is -0.137. The van der Waals surface area contributed by atoms with E-state index in [9.17, 15) is 22.8 Å². The highest BCUT2D eigenvalue weighted by Gasteiger charge is 2.56. The maximum absolute atomic E-state index is 12.8. The van der Waals surface area contributed by atoms with Crippen molar-refractivity contribution in [2.45, 2.75) is 19.0 Å². The molecule has 1 saturated carbocycles. The fraction of sp³-hybridized carbons (Fsp3) is 0.222. The Kier molecular flexibility index (Phi) is 4.66. The summed E-state index contributed by atoms with van der Waals surface area (Å²) in [6.45, 7) is 0. The molecule has 26 heavy (non-hydrogen) atoms. The van der Waals surface area contributed by atoms with Crippen molar-refractivity contribution in [3.63, 3.8) is 0 Å². The van der Waals surface area contributed by atoms with E-state index in [-0.39, 0.29) is 5.69 Å². The van der Waals surface area contributed by atoms with Gasteiger partial charge in [0.1, 0.15) is 5.41 Å². The van der Waals surface area contributed by atoms with E-state index in [1.54, 1.807) is 24.3 Å². The summed E-state index contributed by atoms with van der Waals surface area (Å²) in [6, 6.07) is 10.9. The van der Waals surface area contributed by atoms with E-state index < -0.39 is 29.0 Å². The molecule has 0 aromatic heterocycles. The molecule has 0 bridgehead atoms. The molecule has 2 aromatic rings. The third-order valence-corrected chi connectivity index (χ3v) is 4.52. The zero-order valence-corrected chi connectivity index (χ0v) is 14.1. The highest BCUT2D eigenvalue weighted by atomic mass is 35.5. The average molecular weight is 383 g/mol. The predicted octanol–water partition coefficient (Wildman–Crippen LogP) is 4.72. The summed E-state index contributed by atoms with van der Waals surface area (Å²) in [5.74, 6) is -1.17. The second-order valence-electron chi connectivity index (χ2n) is 6.05.